The number of carbonyl (C=O) groups excluding carboxylic acids is 2. The first kappa shape index (κ1) is 9.90. The van der Waals surface area contributed by atoms with Gasteiger partial charge in [-0.2, -0.15) is 0 Å². The van der Waals surface area contributed by atoms with Gasteiger partial charge in [0.1, 0.15) is 6.04 Å². The van der Waals surface area contributed by atoms with Crippen LogP contribution in [0.5, 0.6) is 0 Å². The van der Waals surface area contributed by atoms with E-state index in [1.54, 1.807) is 0 Å². The van der Waals surface area contributed by atoms with Gasteiger partial charge >= 0.3 is 5.97 Å². The number of esters is 1. The largest absolute Gasteiger partial charge is 0.550 e. The van der Waals surface area contributed by atoms with Crippen molar-refractivity contribution >= 4 is 11.9 Å². The summed E-state index contributed by atoms with van der Waals surface area (Å²) in [6.07, 6.45) is -0.175. The van der Waals surface area contributed by atoms with Gasteiger partial charge < -0.3 is 20.4 Å². The molecule has 0 heterocycles. The highest BCUT2D eigenvalue weighted by Gasteiger charge is 2.12. The quantitative estimate of drug-likeness (QED) is 0.481. The van der Waals surface area contributed by atoms with Gasteiger partial charge in [0.05, 0.1) is 7.11 Å². The Morgan fingerprint density at radius 1 is 1.64 bits per heavy atom. The summed E-state index contributed by atoms with van der Waals surface area (Å²) in [6, 6.07) is -0.863. The summed E-state index contributed by atoms with van der Waals surface area (Å²) in [5, 5.41) is 9.90. The van der Waals surface area contributed by atoms with Gasteiger partial charge in [0, 0.05) is 5.97 Å². The fourth-order valence-electron chi connectivity index (χ4n) is 0.543. The number of methoxy groups -OCH3 is 1. The molecule has 0 amide bonds. The Bertz CT molecular complexity index is 157. The molecule has 0 bridgehead atoms. The molecule has 0 saturated heterocycles. The van der Waals surface area contributed by atoms with Gasteiger partial charge in [0.15, 0.2) is 0 Å². The van der Waals surface area contributed by atoms with Gasteiger partial charge in [-0.1, -0.05) is 0 Å². The van der Waals surface area contributed by atoms with Crippen molar-refractivity contribution < 1.29 is 19.4 Å². The predicted octanol–water partition coefficient (Wildman–Crippen LogP) is -1.98. The molecule has 0 aromatic carbocycles. The maximum atomic E-state index is 10.6. The summed E-state index contributed by atoms with van der Waals surface area (Å²) in [5.41, 5.74) is 5.21. The Balaban J connectivity index is 3.60. The van der Waals surface area contributed by atoms with E-state index in [9.17, 15) is 14.7 Å². The third kappa shape index (κ3) is 4.32. The monoisotopic (exact) mass is 160 g/mol. The Morgan fingerprint density at radius 2 is 2.18 bits per heavy atom. The minimum absolute atomic E-state index is 0.0506. The summed E-state index contributed by atoms with van der Waals surface area (Å²) in [4.78, 5) is 20.5. The van der Waals surface area contributed by atoms with Gasteiger partial charge in [-0.3, -0.25) is 4.79 Å². The number of ether oxygens (including phenoxy) is 1. The highest BCUT2D eigenvalue weighted by molar-refractivity contribution is 5.76. The molecule has 0 aliphatic rings. The van der Waals surface area contributed by atoms with Crippen LogP contribution in [0.1, 0.15) is 12.8 Å². The lowest BCUT2D eigenvalue weighted by Crippen LogP contribution is -2.34. The molecule has 0 fully saturated rings. The average molecular weight is 160 g/mol. The first-order chi connectivity index (χ1) is 5.07. The number of nitrogens with two attached hydrogens (primary N) is 1. The van der Waals surface area contributed by atoms with E-state index >= 15 is 0 Å². The number of hydrogen-bond donors (Lipinski definition) is 1. The van der Waals surface area contributed by atoms with Crippen molar-refractivity contribution in [3.8, 4) is 0 Å². The smallest absolute Gasteiger partial charge is 0.322 e. The normalized spacial score (nSPS) is 12.2. The zero-order valence-electron chi connectivity index (χ0n) is 6.20. The molecule has 0 aromatic heterocycles. The van der Waals surface area contributed by atoms with E-state index in [2.05, 4.69) is 4.74 Å². The Hall–Kier alpha value is -1.10. The highest BCUT2D eigenvalue weighted by Crippen LogP contribution is 1.94. The molecule has 2 N–H and O–H groups in total. The fraction of sp³-hybridized carbons (Fsp3) is 0.667. The lowest BCUT2D eigenvalue weighted by atomic mass is 10.2. The van der Waals surface area contributed by atoms with Gasteiger partial charge in [-0.15, -0.1) is 0 Å². The van der Waals surface area contributed by atoms with E-state index in [4.69, 9.17) is 5.73 Å². The predicted molar refractivity (Wildman–Crippen MR) is 34.2 cm³/mol. The summed E-state index contributed by atoms with van der Waals surface area (Å²) < 4.78 is 4.27. The Kier molecular flexibility index (Phi) is 4.21. The number of carboxylic acids is 1. The summed E-state index contributed by atoms with van der Waals surface area (Å²) in [7, 11) is 1.20. The molecular weight excluding hydrogens is 150 g/mol. The maximum Gasteiger partial charge on any atom is 0.322 e. The summed E-state index contributed by atoms with van der Waals surface area (Å²) in [6.45, 7) is 0. The molecule has 0 aliphatic carbocycles. The fourth-order valence-corrected chi connectivity index (χ4v) is 0.543. The van der Waals surface area contributed by atoms with Crippen LogP contribution in [0, 0.1) is 0 Å². The number of carbonyl (C=O) groups is 2. The number of hydrogen-bond acceptors (Lipinski definition) is 5. The van der Waals surface area contributed by atoms with Crippen molar-refractivity contribution in [2.75, 3.05) is 7.11 Å². The van der Waals surface area contributed by atoms with Crippen molar-refractivity contribution in [1.29, 1.82) is 0 Å². The van der Waals surface area contributed by atoms with Crippen LogP contribution in [0.15, 0.2) is 0 Å². The second kappa shape index (κ2) is 4.68. The molecule has 5 heteroatoms. The van der Waals surface area contributed by atoms with Crippen molar-refractivity contribution in [2.45, 2.75) is 18.9 Å². The Morgan fingerprint density at radius 3 is 2.55 bits per heavy atom. The van der Waals surface area contributed by atoms with E-state index in [-0.39, 0.29) is 12.8 Å². The molecule has 0 saturated carbocycles. The summed E-state index contributed by atoms with van der Waals surface area (Å²) >= 11 is 0. The van der Waals surface area contributed by atoms with Crippen LogP contribution >= 0.6 is 0 Å². The van der Waals surface area contributed by atoms with Crippen molar-refractivity contribution in [3.05, 3.63) is 0 Å². The first-order valence-electron chi connectivity index (χ1n) is 3.11. The average Bonchev–Trinajstić information content (AvgIpc) is 1.98. The maximum absolute atomic E-state index is 10.6. The van der Waals surface area contributed by atoms with Crippen LogP contribution in [0.2, 0.25) is 0 Å². The molecule has 1 atom stereocenters. The number of rotatable bonds is 4. The lowest BCUT2D eigenvalue weighted by molar-refractivity contribution is -0.305. The molecule has 5 nitrogen and oxygen atoms in total. The highest BCUT2D eigenvalue weighted by atomic mass is 16.5. The minimum atomic E-state index is -1.22. The van der Waals surface area contributed by atoms with Crippen LogP contribution in [0.25, 0.3) is 0 Å². The molecule has 0 aromatic rings. The van der Waals surface area contributed by atoms with E-state index in [1.807, 2.05) is 0 Å². The second-order valence-corrected chi connectivity index (χ2v) is 2.04. The van der Waals surface area contributed by atoms with Gasteiger partial charge in [0.2, 0.25) is 0 Å². The van der Waals surface area contributed by atoms with Gasteiger partial charge in [-0.25, -0.2) is 0 Å². The molecule has 0 unspecified atom stereocenters. The Labute approximate surface area is 64.1 Å². The molecule has 11 heavy (non-hydrogen) atoms. The third-order valence-electron chi connectivity index (χ3n) is 1.16. The summed E-state index contributed by atoms with van der Waals surface area (Å²) in [5.74, 6) is -1.82. The molecule has 0 aliphatic heterocycles. The van der Waals surface area contributed by atoms with E-state index in [0.29, 0.717) is 0 Å². The van der Waals surface area contributed by atoms with Crippen LogP contribution in [-0.4, -0.2) is 25.1 Å². The lowest BCUT2D eigenvalue weighted by Gasteiger charge is -2.08. The van der Waals surface area contributed by atoms with Crippen LogP contribution < -0.4 is 10.8 Å². The number of carboxylic acid groups (broad SMARTS) is 1. The zero-order chi connectivity index (χ0) is 8.85. The SMILES string of the molecule is COC(=O)[C@@H](N)CCC(=O)[O-]. The minimum Gasteiger partial charge on any atom is -0.550 e. The van der Waals surface area contributed by atoms with Gasteiger partial charge in [0.25, 0.3) is 0 Å². The zero-order valence-corrected chi connectivity index (χ0v) is 6.20. The van der Waals surface area contributed by atoms with Crippen molar-refractivity contribution in [1.82, 2.24) is 0 Å². The first-order valence-corrected chi connectivity index (χ1v) is 3.11. The van der Waals surface area contributed by atoms with Gasteiger partial charge in [-0.05, 0) is 12.8 Å². The third-order valence-corrected chi connectivity index (χ3v) is 1.16. The topological polar surface area (TPSA) is 92.5 Å². The molecule has 0 rings (SSSR count). The van der Waals surface area contributed by atoms with E-state index in [1.165, 1.54) is 7.11 Å². The molecule has 64 valence electrons. The second-order valence-electron chi connectivity index (χ2n) is 2.04. The van der Waals surface area contributed by atoms with E-state index < -0.39 is 18.0 Å². The number of aliphatic carboxylic acids is 1. The molecular formula is C6H10NO4-. The van der Waals surface area contributed by atoms with Crippen LogP contribution in [0.3, 0.4) is 0 Å². The standard InChI is InChI=1S/C6H11NO4/c1-11-6(10)4(7)2-3-5(8)9/h4H,2-3,7H2,1H3,(H,8,9)/p-1/t4-/m0/s1. The van der Waals surface area contributed by atoms with Crippen molar-refractivity contribution in [2.24, 2.45) is 5.73 Å². The molecule has 0 radical (unpaired) electrons. The molecule has 0 spiro atoms. The van der Waals surface area contributed by atoms with E-state index in [0.717, 1.165) is 0 Å². The van der Waals surface area contributed by atoms with Crippen molar-refractivity contribution in [3.63, 3.8) is 0 Å². The van der Waals surface area contributed by atoms with Crippen LogP contribution in [-0.2, 0) is 14.3 Å². The van der Waals surface area contributed by atoms with Crippen LogP contribution in [0.4, 0.5) is 0 Å².